The molecule has 1 atom stereocenters. The first-order chi connectivity index (χ1) is 16.4. The predicted octanol–water partition coefficient (Wildman–Crippen LogP) is 2.46. The van der Waals surface area contributed by atoms with Crippen molar-refractivity contribution < 1.29 is 24.2 Å². The molecule has 0 radical (unpaired) electrons. The highest BCUT2D eigenvalue weighted by molar-refractivity contribution is 5.89. The number of hydrogen-bond acceptors (Lipinski definition) is 5. The number of aromatic nitrogens is 2. The van der Waals surface area contributed by atoms with Gasteiger partial charge in [0.15, 0.2) is 0 Å². The summed E-state index contributed by atoms with van der Waals surface area (Å²) < 4.78 is 7.24. The number of hydrogen-bond donors (Lipinski definition) is 3. The van der Waals surface area contributed by atoms with Crippen molar-refractivity contribution >= 4 is 18.0 Å². The van der Waals surface area contributed by atoms with Crippen molar-refractivity contribution in [2.24, 2.45) is 7.05 Å². The summed E-state index contributed by atoms with van der Waals surface area (Å²) in [6, 6.07) is 14.6. The third-order valence-corrected chi connectivity index (χ3v) is 5.77. The second-order valence-corrected chi connectivity index (χ2v) is 8.19. The van der Waals surface area contributed by atoms with Crippen molar-refractivity contribution in [3.05, 3.63) is 77.9 Å². The summed E-state index contributed by atoms with van der Waals surface area (Å²) >= 11 is 0. The summed E-state index contributed by atoms with van der Waals surface area (Å²) in [5, 5.41) is 14.2. The number of ether oxygens (including phenoxy) is 1. The number of nitrogens with one attached hydrogen (secondary N) is 2. The Bertz CT molecular complexity index is 1160. The highest BCUT2D eigenvalue weighted by Crippen LogP contribution is 2.44. The predicted molar refractivity (Wildman–Crippen MR) is 124 cm³/mol. The Morgan fingerprint density at radius 1 is 1.09 bits per heavy atom. The van der Waals surface area contributed by atoms with E-state index in [4.69, 9.17) is 4.74 Å². The second kappa shape index (κ2) is 10.2. The summed E-state index contributed by atoms with van der Waals surface area (Å²) in [6.07, 6.45) is 2.57. The van der Waals surface area contributed by atoms with Gasteiger partial charge < -0.3 is 25.0 Å². The number of aliphatic carboxylic acids is 1. The van der Waals surface area contributed by atoms with Gasteiger partial charge in [-0.2, -0.15) is 0 Å². The molecule has 0 bridgehead atoms. The molecule has 3 aromatic rings. The Morgan fingerprint density at radius 3 is 2.32 bits per heavy atom. The van der Waals surface area contributed by atoms with Crippen LogP contribution in [0.25, 0.3) is 11.1 Å². The van der Waals surface area contributed by atoms with Crippen molar-refractivity contribution in [1.29, 1.82) is 0 Å². The van der Waals surface area contributed by atoms with Crippen molar-refractivity contribution in [3.8, 4) is 11.1 Å². The first-order valence-electron chi connectivity index (χ1n) is 11.0. The van der Waals surface area contributed by atoms with Crippen molar-refractivity contribution in [3.63, 3.8) is 0 Å². The van der Waals surface area contributed by atoms with Crippen LogP contribution in [-0.2, 0) is 27.8 Å². The highest BCUT2D eigenvalue weighted by Gasteiger charge is 2.30. The molecule has 2 amide bonds. The first kappa shape index (κ1) is 23.0. The van der Waals surface area contributed by atoms with E-state index in [9.17, 15) is 19.5 Å². The third kappa shape index (κ3) is 5.25. The SMILES string of the molecule is Cn1cnc(CCNC(=O)C(CC(=O)O)NC(=O)OCC2c3ccccc3-c3ccccc32)c1. The van der Waals surface area contributed by atoms with Gasteiger partial charge in [0.05, 0.1) is 18.4 Å². The Morgan fingerprint density at radius 2 is 1.74 bits per heavy atom. The summed E-state index contributed by atoms with van der Waals surface area (Å²) in [6.45, 7) is 0.333. The van der Waals surface area contributed by atoms with Crippen LogP contribution in [0.3, 0.4) is 0 Å². The highest BCUT2D eigenvalue weighted by atomic mass is 16.5. The third-order valence-electron chi connectivity index (χ3n) is 5.77. The zero-order valence-corrected chi connectivity index (χ0v) is 18.7. The molecule has 1 aromatic heterocycles. The lowest BCUT2D eigenvalue weighted by molar-refractivity contribution is -0.139. The maximum atomic E-state index is 12.5. The summed E-state index contributed by atoms with van der Waals surface area (Å²) in [5.74, 6) is -1.93. The van der Waals surface area contributed by atoms with Gasteiger partial charge in [0.1, 0.15) is 12.6 Å². The molecule has 0 spiro atoms. The molecule has 0 fully saturated rings. The normalized spacial score (nSPS) is 13.0. The lowest BCUT2D eigenvalue weighted by atomic mass is 9.98. The van der Waals surface area contributed by atoms with E-state index in [0.29, 0.717) is 6.42 Å². The largest absolute Gasteiger partial charge is 0.481 e. The lowest BCUT2D eigenvalue weighted by Gasteiger charge is -2.18. The molecule has 1 unspecified atom stereocenters. The number of carbonyl (C=O) groups is 3. The van der Waals surface area contributed by atoms with Crippen LogP contribution in [0.5, 0.6) is 0 Å². The van der Waals surface area contributed by atoms with Crippen LogP contribution in [-0.4, -0.2) is 51.8 Å². The van der Waals surface area contributed by atoms with E-state index in [1.165, 1.54) is 0 Å². The molecule has 9 heteroatoms. The van der Waals surface area contributed by atoms with Crippen molar-refractivity contribution in [2.75, 3.05) is 13.2 Å². The standard InChI is InChI=1S/C25H26N4O5/c1-29-13-16(27-15-29)10-11-26-24(32)22(12-23(30)31)28-25(33)34-14-21-19-8-4-2-6-17(19)18-7-3-5-9-20(18)21/h2-9,13,15,21-22H,10-12,14H2,1H3,(H,26,32)(H,28,33)(H,30,31). The van der Waals surface area contributed by atoms with Gasteiger partial charge >= 0.3 is 12.1 Å². The van der Waals surface area contributed by atoms with Gasteiger partial charge in [0.25, 0.3) is 0 Å². The number of fused-ring (bicyclic) bond motifs is 3. The van der Waals surface area contributed by atoms with E-state index >= 15 is 0 Å². The minimum atomic E-state index is -1.25. The number of amides is 2. The molecule has 0 saturated carbocycles. The number of aryl methyl sites for hydroxylation is 1. The zero-order valence-electron chi connectivity index (χ0n) is 18.7. The Hall–Kier alpha value is -4.14. The molecule has 0 aliphatic heterocycles. The zero-order chi connectivity index (χ0) is 24.1. The molecular formula is C25H26N4O5. The number of imidazole rings is 1. The van der Waals surface area contributed by atoms with Crippen LogP contribution in [0.1, 0.15) is 29.2 Å². The Kier molecular flexibility index (Phi) is 6.91. The van der Waals surface area contributed by atoms with Gasteiger partial charge in [-0.15, -0.1) is 0 Å². The van der Waals surface area contributed by atoms with Crippen LogP contribution in [0.4, 0.5) is 4.79 Å². The average Bonchev–Trinajstić information content (AvgIpc) is 3.37. The number of alkyl carbamates (subject to hydrolysis) is 1. The number of rotatable bonds is 9. The fourth-order valence-corrected chi connectivity index (χ4v) is 4.20. The van der Waals surface area contributed by atoms with Crippen LogP contribution < -0.4 is 10.6 Å². The maximum absolute atomic E-state index is 12.5. The van der Waals surface area contributed by atoms with Crippen molar-refractivity contribution in [1.82, 2.24) is 20.2 Å². The Labute approximate surface area is 196 Å². The van der Waals surface area contributed by atoms with Gasteiger partial charge in [0, 0.05) is 32.1 Å². The monoisotopic (exact) mass is 462 g/mol. The first-order valence-corrected chi connectivity index (χ1v) is 11.0. The average molecular weight is 463 g/mol. The van der Waals surface area contributed by atoms with Gasteiger partial charge in [0.2, 0.25) is 5.91 Å². The molecule has 3 N–H and O–H groups in total. The fourth-order valence-electron chi connectivity index (χ4n) is 4.20. The maximum Gasteiger partial charge on any atom is 0.407 e. The molecular weight excluding hydrogens is 436 g/mol. The lowest BCUT2D eigenvalue weighted by Crippen LogP contribution is -2.48. The molecule has 0 saturated heterocycles. The second-order valence-electron chi connectivity index (χ2n) is 8.19. The van der Waals surface area contributed by atoms with E-state index in [1.54, 1.807) is 10.9 Å². The molecule has 9 nitrogen and oxygen atoms in total. The Balaban J connectivity index is 1.35. The van der Waals surface area contributed by atoms with Crippen LogP contribution >= 0.6 is 0 Å². The summed E-state index contributed by atoms with van der Waals surface area (Å²) in [5.41, 5.74) is 5.12. The molecule has 176 valence electrons. The molecule has 2 aromatic carbocycles. The minimum Gasteiger partial charge on any atom is -0.481 e. The van der Waals surface area contributed by atoms with Gasteiger partial charge in [-0.05, 0) is 22.3 Å². The molecule has 4 rings (SSSR count). The van der Waals surface area contributed by atoms with Crippen LogP contribution in [0.2, 0.25) is 0 Å². The smallest absolute Gasteiger partial charge is 0.407 e. The topological polar surface area (TPSA) is 123 Å². The van der Waals surface area contributed by atoms with Crippen LogP contribution in [0, 0.1) is 0 Å². The number of carboxylic acid groups (broad SMARTS) is 1. The van der Waals surface area contributed by atoms with E-state index in [2.05, 4.69) is 15.6 Å². The molecule has 1 aliphatic carbocycles. The van der Waals surface area contributed by atoms with E-state index < -0.39 is 30.4 Å². The number of benzene rings is 2. The quantitative estimate of drug-likeness (QED) is 0.449. The van der Waals surface area contributed by atoms with Gasteiger partial charge in [-0.25, -0.2) is 9.78 Å². The summed E-state index contributed by atoms with van der Waals surface area (Å²) in [7, 11) is 1.84. The van der Waals surface area contributed by atoms with E-state index in [0.717, 1.165) is 27.9 Å². The molecule has 1 aliphatic rings. The van der Waals surface area contributed by atoms with Crippen LogP contribution in [0.15, 0.2) is 61.1 Å². The van der Waals surface area contributed by atoms with Crippen molar-refractivity contribution in [2.45, 2.75) is 24.8 Å². The number of carboxylic acids is 1. The number of carbonyl (C=O) groups excluding carboxylic acids is 2. The fraction of sp³-hybridized carbons (Fsp3) is 0.280. The molecule has 34 heavy (non-hydrogen) atoms. The number of nitrogens with zero attached hydrogens (tertiary/aromatic N) is 2. The van der Waals surface area contributed by atoms with Gasteiger partial charge in [-0.1, -0.05) is 48.5 Å². The summed E-state index contributed by atoms with van der Waals surface area (Å²) in [4.78, 5) is 40.5. The minimum absolute atomic E-state index is 0.0704. The van der Waals surface area contributed by atoms with E-state index in [-0.39, 0.29) is 19.1 Å². The molecule has 1 heterocycles. The van der Waals surface area contributed by atoms with E-state index in [1.807, 2.05) is 61.8 Å². The van der Waals surface area contributed by atoms with Gasteiger partial charge in [-0.3, -0.25) is 9.59 Å².